The lowest BCUT2D eigenvalue weighted by atomic mass is 10.2. The van der Waals surface area contributed by atoms with Gasteiger partial charge < -0.3 is 14.3 Å². The van der Waals surface area contributed by atoms with Gasteiger partial charge in [0.25, 0.3) is 0 Å². The van der Waals surface area contributed by atoms with Gasteiger partial charge in [-0.25, -0.2) is 4.79 Å². The average Bonchev–Trinajstić information content (AvgIpc) is 2.08. The molecule has 0 saturated heterocycles. The molecule has 124 valence electrons. The molecule has 0 saturated carbocycles. The molecule has 0 bridgehead atoms. The molecule has 0 heterocycles. The highest BCUT2D eigenvalue weighted by atomic mass is 28.4. The Morgan fingerprint density at radius 2 is 1.62 bits per heavy atom. The van der Waals surface area contributed by atoms with E-state index < -0.39 is 32.2 Å². The molecular weight excluding hydrogens is 290 g/mol. The summed E-state index contributed by atoms with van der Waals surface area (Å²) in [6, 6.07) is 0. The van der Waals surface area contributed by atoms with Gasteiger partial charge in [0, 0.05) is 0 Å². The number of carboxylic acids is 1. The van der Waals surface area contributed by atoms with Crippen molar-refractivity contribution in [3.8, 4) is 0 Å². The molecular formula is C14H29NO5Si. The van der Waals surface area contributed by atoms with Crippen molar-refractivity contribution >= 4 is 20.4 Å². The van der Waals surface area contributed by atoms with Crippen molar-refractivity contribution in [1.29, 1.82) is 0 Å². The van der Waals surface area contributed by atoms with Gasteiger partial charge in [-0.1, -0.05) is 20.8 Å². The molecule has 0 aliphatic heterocycles. The highest BCUT2D eigenvalue weighted by molar-refractivity contribution is 6.74. The number of carbonyl (C=O) groups is 2. The first-order valence-corrected chi connectivity index (χ1v) is 9.94. The first-order chi connectivity index (χ1) is 9.14. The third-order valence-corrected chi connectivity index (χ3v) is 7.77. The molecule has 0 aliphatic rings. The Morgan fingerprint density at radius 3 is 1.95 bits per heavy atom. The van der Waals surface area contributed by atoms with Crippen LogP contribution in [0.1, 0.15) is 48.0 Å². The van der Waals surface area contributed by atoms with Gasteiger partial charge >= 0.3 is 12.1 Å². The van der Waals surface area contributed by atoms with Crippen molar-refractivity contribution in [1.82, 2.24) is 5.32 Å². The number of aliphatic carboxylic acids is 1. The molecule has 0 fully saturated rings. The molecule has 2 N–H and O–H groups in total. The van der Waals surface area contributed by atoms with Gasteiger partial charge in [-0.05, 0) is 38.9 Å². The van der Waals surface area contributed by atoms with Crippen LogP contribution in [-0.4, -0.2) is 37.3 Å². The Hall–Kier alpha value is -1.08. The van der Waals surface area contributed by atoms with Crippen LogP contribution in [0.4, 0.5) is 4.79 Å². The van der Waals surface area contributed by atoms with E-state index in [0.29, 0.717) is 0 Å². The van der Waals surface area contributed by atoms with E-state index in [9.17, 15) is 9.59 Å². The first kappa shape index (κ1) is 19.9. The maximum Gasteiger partial charge on any atom is 0.409 e. The van der Waals surface area contributed by atoms with E-state index in [0.717, 1.165) is 0 Å². The molecule has 0 aromatic heterocycles. The summed E-state index contributed by atoms with van der Waals surface area (Å²) < 4.78 is 11.1. The fraction of sp³-hybridized carbons (Fsp3) is 0.857. The van der Waals surface area contributed by atoms with Crippen molar-refractivity contribution in [3.63, 3.8) is 0 Å². The zero-order valence-electron chi connectivity index (χ0n) is 14.4. The quantitative estimate of drug-likeness (QED) is 0.599. The number of hydrogen-bond acceptors (Lipinski definition) is 4. The number of hydrogen-bond donors (Lipinski definition) is 2. The number of nitrogens with one attached hydrogen (secondary N) is 1. The Kier molecular flexibility index (Phi) is 6.43. The summed E-state index contributed by atoms with van der Waals surface area (Å²) in [5.74, 6) is -1.03. The molecule has 1 amide bonds. The fourth-order valence-electron chi connectivity index (χ4n) is 1.25. The van der Waals surface area contributed by atoms with Crippen LogP contribution in [0, 0.1) is 0 Å². The molecule has 1 unspecified atom stereocenters. The second kappa shape index (κ2) is 6.78. The monoisotopic (exact) mass is 319 g/mol. The summed E-state index contributed by atoms with van der Waals surface area (Å²) in [7, 11) is -2.19. The molecule has 0 aromatic carbocycles. The molecule has 6 nitrogen and oxygen atoms in total. The zero-order chi connectivity index (χ0) is 17.1. The molecule has 21 heavy (non-hydrogen) atoms. The zero-order valence-corrected chi connectivity index (χ0v) is 15.4. The summed E-state index contributed by atoms with van der Waals surface area (Å²) in [5.41, 5.74) is -0.644. The topological polar surface area (TPSA) is 84.9 Å². The van der Waals surface area contributed by atoms with Crippen LogP contribution in [0.2, 0.25) is 18.1 Å². The van der Waals surface area contributed by atoms with Crippen molar-refractivity contribution < 1.29 is 23.9 Å². The van der Waals surface area contributed by atoms with Gasteiger partial charge in [-0.2, -0.15) is 0 Å². The van der Waals surface area contributed by atoms with E-state index in [-0.39, 0.29) is 11.5 Å². The van der Waals surface area contributed by atoms with Crippen LogP contribution in [0.15, 0.2) is 0 Å². The van der Waals surface area contributed by atoms with Gasteiger partial charge in [0.05, 0.1) is 6.42 Å². The summed E-state index contributed by atoms with van der Waals surface area (Å²) >= 11 is 0. The van der Waals surface area contributed by atoms with Gasteiger partial charge in [-0.15, -0.1) is 0 Å². The van der Waals surface area contributed by atoms with Crippen LogP contribution in [0.25, 0.3) is 0 Å². The van der Waals surface area contributed by atoms with Gasteiger partial charge in [0.15, 0.2) is 8.32 Å². The van der Waals surface area contributed by atoms with E-state index in [4.69, 9.17) is 14.3 Å². The van der Waals surface area contributed by atoms with E-state index in [1.807, 2.05) is 33.9 Å². The number of carbonyl (C=O) groups excluding carboxylic acids is 1. The van der Waals surface area contributed by atoms with Crippen molar-refractivity contribution in [3.05, 3.63) is 0 Å². The Bertz CT molecular complexity index is 382. The van der Waals surface area contributed by atoms with Crippen molar-refractivity contribution in [2.24, 2.45) is 0 Å². The lowest BCUT2D eigenvalue weighted by Crippen LogP contribution is -2.50. The second-order valence-electron chi connectivity index (χ2n) is 7.61. The van der Waals surface area contributed by atoms with Crippen LogP contribution in [0.3, 0.4) is 0 Å². The average molecular weight is 319 g/mol. The minimum absolute atomic E-state index is 0.0840. The third kappa shape index (κ3) is 8.06. The molecule has 0 spiro atoms. The largest absolute Gasteiger partial charge is 0.481 e. The summed E-state index contributed by atoms with van der Waals surface area (Å²) in [6.45, 7) is 15.4. The lowest BCUT2D eigenvalue weighted by molar-refractivity contribution is -0.139. The van der Waals surface area contributed by atoms with Gasteiger partial charge in [0.2, 0.25) is 0 Å². The minimum atomic E-state index is -2.19. The van der Waals surface area contributed by atoms with E-state index in [1.54, 1.807) is 20.8 Å². The smallest absolute Gasteiger partial charge is 0.409 e. The fourth-order valence-corrected chi connectivity index (χ4v) is 2.46. The van der Waals surface area contributed by atoms with Crippen molar-refractivity contribution in [2.45, 2.75) is 77.9 Å². The molecule has 0 radical (unpaired) electrons. The molecule has 1 atom stereocenters. The molecule has 7 heteroatoms. The second-order valence-corrected chi connectivity index (χ2v) is 12.4. The van der Waals surface area contributed by atoms with Crippen LogP contribution in [0.5, 0.6) is 0 Å². The molecule has 0 rings (SSSR count). The molecule has 0 aromatic rings. The Labute approximate surface area is 128 Å². The molecule has 0 aliphatic carbocycles. The number of carboxylic acid groups (broad SMARTS) is 1. The number of alkyl carbamates (subject to hydrolysis) is 1. The summed E-state index contributed by atoms with van der Waals surface area (Å²) in [5, 5.41) is 11.4. The van der Waals surface area contributed by atoms with Crippen molar-refractivity contribution in [2.75, 3.05) is 0 Å². The number of amides is 1. The van der Waals surface area contributed by atoms with Gasteiger partial charge in [-0.3, -0.25) is 10.1 Å². The van der Waals surface area contributed by atoms with Crippen LogP contribution in [-0.2, 0) is 14.0 Å². The lowest BCUT2D eigenvalue weighted by Gasteiger charge is -2.39. The standard InChI is InChI=1S/C14H29NO5Si/c1-13(2,3)19-12(18)15-10(9-11(16)17)20-21(7,8)14(4,5)6/h10H,9H2,1-8H3,(H,15,18)(H,16,17). The van der Waals surface area contributed by atoms with Crippen LogP contribution < -0.4 is 5.32 Å². The van der Waals surface area contributed by atoms with E-state index in [2.05, 4.69) is 5.32 Å². The Balaban J connectivity index is 4.90. The minimum Gasteiger partial charge on any atom is -0.481 e. The van der Waals surface area contributed by atoms with Gasteiger partial charge in [0.1, 0.15) is 11.8 Å². The predicted molar refractivity (Wildman–Crippen MR) is 83.7 cm³/mol. The third-order valence-electron chi connectivity index (χ3n) is 3.28. The van der Waals surface area contributed by atoms with E-state index in [1.165, 1.54) is 0 Å². The summed E-state index contributed by atoms with van der Waals surface area (Å²) in [4.78, 5) is 22.8. The first-order valence-electron chi connectivity index (χ1n) is 7.03. The maximum absolute atomic E-state index is 11.8. The highest BCUT2D eigenvalue weighted by Crippen LogP contribution is 2.37. The predicted octanol–water partition coefficient (Wildman–Crippen LogP) is 3.33. The van der Waals surface area contributed by atoms with E-state index >= 15 is 0 Å². The normalized spacial score (nSPS) is 14.5. The summed E-state index contributed by atoms with van der Waals surface area (Å²) in [6.07, 6.45) is -1.86. The highest BCUT2D eigenvalue weighted by Gasteiger charge is 2.40. The number of ether oxygens (including phenoxy) is 1. The SMILES string of the molecule is CC(C)(C)OC(=O)NC(CC(=O)O)O[Si](C)(C)C(C)(C)C. The Morgan fingerprint density at radius 1 is 1.14 bits per heavy atom. The maximum atomic E-state index is 11.8. The van der Waals surface area contributed by atoms with Crippen LogP contribution >= 0.6 is 0 Å². The number of rotatable bonds is 5.